The van der Waals surface area contributed by atoms with Gasteiger partial charge in [-0.05, 0) is 157 Å². The van der Waals surface area contributed by atoms with Crippen molar-refractivity contribution in [2.75, 3.05) is 26.4 Å². The van der Waals surface area contributed by atoms with Gasteiger partial charge in [0.1, 0.15) is 0 Å². The predicted octanol–water partition coefficient (Wildman–Crippen LogP) is 9.18. The molecular weight excluding hydrogens is 517 g/mol. The molecule has 6 heteroatoms. The molecule has 1 N–H and O–H groups in total. The first kappa shape index (κ1) is 31.2. The second-order valence-electron chi connectivity index (χ2n) is 15.9. The Hall–Kier alpha value is -0.190. The highest BCUT2D eigenvalue weighted by atomic mass is 31.2. The molecule has 40 heavy (non-hydrogen) atoms. The summed E-state index contributed by atoms with van der Waals surface area (Å²) in [4.78, 5) is 0. The van der Waals surface area contributed by atoms with Crippen LogP contribution < -0.4 is 5.32 Å². The van der Waals surface area contributed by atoms with Crippen LogP contribution >= 0.6 is 7.82 Å². The van der Waals surface area contributed by atoms with Crippen molar-refractivity contribution in [2.24, 2.45) is 51.2 Å². The molecule has 1 heterocycles. The fourth-order valence-corrected chi connectivity index (χ4v) is 13.3. The zero-order chi connectivity index (χ0) is 29.2. The van der Waals surface area contributed by atoms with Crippen LogP contribution in [-0.4, -0.2) is 31.9 Å². The summed E-state index contributed by atoms with van der Waals surface area (Å²) in [6.45, 7) is 25.8. The van der Waals surface area contributed by atoms with Crippen LogP contribution in [0, 0.1) is 51.2 Å². The predicted molar refractivity (Wildman–Crippen MR) is 164 cm³/mol. The first-order valence-corrected chi connectivity index (χ1v) is 18.1. The first-order chi connectivity index (χ1) is 18.7. The maximum Gasteiger partial charge on any atom is 0.474 e. The zero-order valence-electron chi connectivity index (χ0n) is 27.1. The molecule has 5 nitrogen and oxygen atoms in total. The van der Waals surface area contributed by atoms with Gasteiger partial charge in [0, 0.05) is 5.54 Å². The minimum atomic E-state index is -3.54. The second kappa shape index (κ2) is 10.8. The van der Waals surface area contributed by atoms with E-state index in [2.05, 4.69) is 53.4 Å². The number of hydrogen-bond donors (Lipinski definition) is 1. The van der Waals surface area contributed by atoms with E-state index in [9.17, 15) is 4.57 Å². The molecule has 0 aromatic rings. The third kappa shape index (κ3) is 4.66. The Bertz CT molecular complexity index is 1000. The molecule has 5 fully saturated rings. The van der Waals surface area contributed by atoms with Crippen LogP contribution in [0.15, 0.2) is 12.2 Å². The summed E-state index contributed by atoms with van der Waals surface area (Å²) in [5.74, 6) is 3.18. The minimum Gasteiger partial charge on any atom is -0.311 e. The van der Waals surface area contributed by atoms with Crippen molar-refractivity contribution in [3.63, 3.8) is 0 Å². The standard InChI is InChI=1S/C34H60NO4P/c1-10-37-40(36,38-11-2)39-23-34-19-15-25(24(3)4)29(34)26-13-14-28-31(7)17-12-22-35-30(5,6)27(31)16-18-33(28,9)32(26,8)20-21-34/h25-29,35H,3,10-23H2,1-2,4-9H3/t25-,26+,27-,28+,29+,31-,32+,33+,34+/m0/s1. The molecule has 0 radical (unpaired) electrons. The minimum absolute atomic E-state index is 0.0240. The Labute approximate surface area is 246 Å². The highest BCUT2D eigenvalue weighted by Crippen LogP contribution is 2.76. The normalized spacial score (nSPS) is 46.5. The zero-order valence-corrected chi connectivity index (χ0v) is 28.0. The second-order valence-corrected chi connectivity index (χ2v) is 17.5. The molecule has 230 valence electrons. The smallest absolute Gasteiger partial charge is 0.311 e. The van der Waals surface area contributed by atoms with E-state index in [0.29, 0.717) is 53.8 Å². The number of phosphoric acid groups is 1. The lowest BCUT2D eigenvalue weighted by atomic mass is 9.33. The van der Waals surface area contributed by atoms with Gasteiger partial charge in [-0.3, -0.25) is 13.6 Å². The average Bonchev–Trinajstić information content (AvgIpc) is 3.21. The third-order valence-corrected chi connectivity index (χ3v) is 15.5. The summed E-state index contributed by atoms with van der Waals surface area (Å²) in [7, 11) is -3.54. The molecule has 1 saturated heterocycles. The Balaban J connectivity index is 1.49. The van der Waals surface area contributed by atoms with Crippen LogP contribution in [0.25, 0.3) is 0 Å². The highest BCUT2D eigenvalue weighted by Gasteiger charge is 2.70. The van der Waals surface area contributed by atoms with Crippen LogP contribution in [0.4, 0.5) is 0 Å². The van der Waals surface area contributed by atoms with Gasteiger partial charge in [-0.1, -0.05) is 32.9 Å². The maximum atomic E-state index is 13.4. The van der Waals surface area contributed by atoms with E-state index in [-0.39, 0.29) is 11.0 Å². The fraction of sp³-hybridized carbons (Fsp3) is 0.941. The summed E-state index contributed by atoms with van der Waals surface area (Å²) in [6.07, 6.45) is 12.6. The van der Waals surface area contributed by atoms with Crippen molar-refractivity contribution in [3.8, 4) is 0 Å². The van der Waals surface area contributed by atoms with Crippen molar-refractivity contribution in [2.45, 2.75) is 125 Å². The number of fused-ring (bicyclic) bond motifs is 7. The maximum absolute atomic E-state index is 13.4. The van der Waals surface area contributed by atoms with E-state index in [4.69, 9.17) is 13.6 Å². The molecule has 1 aliphatic heterocycles. The SMILES string of the molecule is C=C(C)[C@@H]1CC[C@]2(COP(=O)(OCC)OCC)CC[C@]3(C)[C@H](CC[C@@H]4[C@@]5(C)CCCNC(C)(C)[C@@H]5CC[C@]43C)[C@@H]12. The molecule has 0 unspecified atom stereocenters. The summed E-state index contributed by atoms with van der Waals surface area (Å²) in [5, 5.41) is 3.95. The molecule has 0 spiro atoms. The molecule has 5 rings (SSSR count). The van der Waals surface area contributed by atoms with Crippen LogP contribution in [-0.2, 0) is 18.1 Å². The van der Waals surface area contributed by atoms with Gasteiger partial charge < -0.3 is 5.32 Å². The van der Waals surface area contributed by atoms with Crippen molar-refractivity contribution in [1.82, 2.24) is 5.32 Å². The number of hydrogen-bond acceptors (Lipinski definition) is 5. The van der Waals surface area contributed by atoms with Crippen molar-refractivity contribution in [1.29, 1.82) is 0 Å². The molecule has 0 amide bonds. The lowest BCUT2D eigenvalue weighted by molar-refractivity contribution is -0.226. The first-order valence-electron chi connectivity index (χ1n) is 16.7. The molecule has 4 saturated carbocycles. The van der Waals surface area contributed by atoms with Gasteiger partial charge in [-0.15, -0.1) is 0 Å². The third-order valence-electron chi connectivity index (χ3n) is 13.9. The summed E-state index contributed by atoms with van der Waals surface area (Å²) in [6, 6.07) is 0. The molecule has 5 aliphatic rings. The van der Waals surface area contributed by atoms with E-state index >= 15 is 0 Å². The van der Waals surface area contributed by atoms with Crippen LogP contribution in [0.3, 0.4) is 0 Å². The van der Waals surface area contributed by atoms with Crippen molar-refractivity contribution in [3.05, 3.63) is 12.2 Å². The molecule has 0 aromatic carbocycles. The molecular formula is C34H60NO4P. The fourth-order valence-electron chi connectivity index (χ4n) is 12.1. The average molecular weight is 578 g/mol. The van der Waals surface area contributed by atoms with Gasteiger partial charge in [0.15, 0.2) is 0 Å². The van der Waals surface area contributed by atoms with E-state index < -0.39 is 7.82 Å². The van der Waals surface area contributed by atoms with Gasteiger partial charge in [0.05, 0.1) is 19.8 Å². The molecule has 0 aromatic heterocycles. The molecule has 4 aliphatic carbocycles. The van der Waals surface area contributed by atoms with Gasteiger partial charge in [0.25, 0.3) is 0 Å². The highest BCUT2D eigenvalue weighted by molar-refractivity contribution is 7.48. The van der Waals surface area contributed by atoms with E-state index in [1.807, 2.05) is 13.8 Å². The molecule has 0 bridgehead atoms. The van der Waals surface area contributed by atoms with Crippen molar-refractivity contribution < 1.29 is 18.1 Å². The lowest BCUT2D eigenvalue weighted by Crippen LogP contribution is -2.66. The molecule has 9 atom stereocenters. The Morgan fingerprint density at radius 1 is 0.850 bits per heavy atom. The van der Waals surface area contributed by atoms with Gasteiger partial charge >= 0.3 is 7.82 Å². The Morgan fingerprint density at radius 3 is 2.20 bits per heavy atom. The van der Waals surface area contributed by atoms with Gasteiger partial charge in [0.2, 0.25) is 0 Å². The van der Waals surface area contributed by atoms with E-state index in [0.717, 1.165) is 31.2 Å². The van der Waals surface area contributed by atoms with Crippen LogP contribution in [0.5, 0.6) is 0 Å². The Kier molecular flexibility index (Phi) is 8.40. The number of phosphoric ester groups is 1. The summed E-state index contributed by atoms with van der Waals surface area (Å²) >= 11 is 0. The lowest BCUT2D eigenvalue weighted by Gasteiger charge is -2.71. The monoisotopic (exact) mass is 577 g/mol. The number of rotatable bonds is 8. The quantitative estimate of drug-likeness (QED) is 0.230. The van der Waals surface area contributed by atoms with Gasteiger partial charge in [-0.25, -0.2) is 4.57 Å². The van der Waals surface area contributed by atoms with Crippen LogP contribution in [0.1, 0.15) is 120 Å². The number of allylic oxidation sites excluding steroid dienone is 1. The van der Waals surface area contributed by atoms with Gasteiger partial charge in [-0.2, -0.15) is 0 Å². The topological polar surface area (TPSA) is 56.8 Å². The largest absolute Gasteiger partial charge is 0.474 e. The van der Waals surface area contributed by atoms with E-state index in [1.54, 1.807) is 0 Å². The van der Waals surface area contributed by atoms with E-state index in [1.165, 1.54) is 56.9 Å². The van der Waals surface area contributed by atoms with Crippen molar-refractivity contribution >= 4 is 7.82 Å². The van der Waals surface area contributed by atoms with Crippen LogP contribution in [0.2, 0.25) is 0 Å². The number of nitrogens with one attached hydrogen (secondary N) is 1. The summed E-state index contributed by atoms with van der Waals surface area (Å²) in [5.41, 5.74) is 2.57. The Morgan fingerprint density at radius 2 is 1.55 bits per heavy atom. The summed E-state index contributed by atoms with van der Waals surface area (Å²) < 4.78 is 30.8.